The zero-order valence-corrected chi connectivity index (χ0v) is 19.1. The van der Waals surface area contributed by atoms with Crippen LogP contribution in [0.4, 0.5) is 5.95 Å². The Morgan fingerprint density at radius 2 is 2.00 bits per heavy atom. The summed E-state index contributed by atoms with van der Waals surface area (Å²) < 4.78 is 4.94. The minimum atomic E-state index is -0.354. The average Bonchev–Trinajstić information content (AvgIpc) is 2.95. The molecule has 0 aliphatic carbocycles. The number of pyridine rings is 2. The zero-order valence-electron chi connectivity index (χ0n) is 16.2. The number of hydrogen-bond donors (Lipinski definition) is 2. The highest BCUT2D eigenvalue weighted by atomic mass is 127. The fraction of sp³-hybridized carbons (Fsp3) is 0.211. The van der Waals surface area contributed by atoms with Gasteiger partial charge in [0, 0.05) is 25.6 Å². The number of aromatic nitrogens is 6. The molecule has 0 aromatic carbocycles. The standard InChI is InChI=1S/C19H18ClIN7O2/c1-10-7-28(30)13(11(2)14(10)21)9-27-17-15(16(20)24-18(22)25-17)26(19(27)29)8-12-5-3-4-6-23-12/h3-7,30H,8-9H2,1-2H3,(H2,22,24,25)/q+1. The van der Waals surface area contributed by atoms with E-state index in [9.17, 15) is 10.0 Å². The third-order valence-electron chi connectivity index (χ3n) is 4.88. The number of rotatable bonds is 4. The van der Waals surface area contributed by atoms with Crippen LogP contribution in [0.5, 0.6) is 0 Å². The van der Waals surface area contributed by atoms with Crippen molar-refractivity contribution < 1.29 is 9.94 Å². The molecule has 4 aromatic rings. The molecule has 0 fully saturated rings. The van der Waals surface area contributed by atoms with E-state index in [-0.39, 0.29) is 29.9 Å². The van der Waals surface area contributed by atoms with Gasteiger partial charge in [-0.05, 0) is 48.6 Å². The van der Waals surface area contributed by atoms with Gasteiger partial charge in [-0.25, -0.2) is 4.79 Å². The van der Waals surface area contributed by atoms with E-state index in [2.05, 4.69) is 37.5 Å². The lowest BCUT2D eigenvalue weighted by molar-refractivity contribution is -0.910. The van der Waals surface area contributed by atoms with E-state index >= 15 is 0 Å². The Kier molecular flexibility index (Phi) is 5.36. The van der Waals surface area contributed by atoms with Crippen LogP contribution in [0.2, 0.25) is 5.15 Å². The van der Waals surface area contributed by atoms with Gasteiger partial charge in [0.25, 0.3) is 5.69 Å². The highest BCUT2D eigenvalue weighted by molar-refractivity contribution is 14.1. The van der Waals surface area contributed by atoms with Gasteiger partial charge in [0.1, 0.15) is 12.1 Å². The second kappa shape index (κ2) is 7.84. The summed E-state index contributed by atoms with van der Waals surface area (Å²) in [5.41, 5.74) is 9.14. The van der Waals surface area contributed by atoms with Crippen molar-refractivity contribution in [2.24, 2.45) is 0 Å². The molecule has 4 aromatic heterocycles. The number of nitrogens with zero attached hydrogens (tertiary/aromatic N) is 6. The van der Waals surface area contributed by atoms with Crippen molar-refractivity contribution in [1.82, 2.24) is 24.1 Å². The smallest absolute Gasteiger partial charge is 0.331 e. The summed E-state index contributed by atoms with van der Waals surface area (Å²) in [6.07, 6.45) is 3.26. The number of imidazole rings is 1. The molecule has 4 heterocycles. The quantitative estimate of drug-likeness (QED) is 0.178. The molecule has 0 saturated carbocycles. The lowest BCUT2D eigenvalue weighted by Crippen LogP contribution is -2.39. The molecule has 0 aliphatic rings. The van der Waals surface area contributed by atoms with Crippen LogP contribution in [0, 0.1) is 17.4 Å². The Morgan fingerprint density at radius 1 is 1.23 bits per heavy atom. The summed E-state index contributed by atoms with van der Waals surface area (Å²) in [7, 11) is 0. The third kappa shape index (κ3) is 3.49. The molecule has 9 nitrogen and oxygen atoms in total. The molecule has 0 unspecified atom stereocenters. The van der Waals surface area contributed by atoms with Crippen molar-refractivity contribution >= 4 is 51.3 Å². The monoisotopic (exact) mass is 538 g/mol. The molecule has 4 rings (SSSR count). The van der Waals surface area contributed by atoms with Gasteiger partial charge >= 0.3 is 5.69 Å². The van der Waals surface area contributed by atoms with E-state index in [0.29, 0.717) is 22.6 Å². The maximum Gasteiger partial charge on any atom is 0.331 e. The molecule has 0 radical (unpaired) electrons. The Labute approximate surface area is 189 Å². The van der Waals surface area contributed by atoms with Crippen LogP contribution in [0.1, 0.15) is 22.5 Å². The summed E-state index contributed by atoms with van der Waals surface area (Å²) >= 11 is 8.57. The fourth-order valence-corrected chi connectivity index (χ4v) is 4.10. The molecule has 0 atom stereocenters. The van der Waals surface area contributed by atoms with Gasteiger partial charge in [-0.1, -0.05) is 17.7 Å². The molecule has 154 valence electrons. The lowest BCUT2D eigenvalue weighted by atomic mass is 10.1. The first-order valence-electron chi connectivity index (χ1n) is 8.99. The number of nitrogens with two attached hydrogens (primary N) is 1. The van der Waals surface area contributed by atoms with Crippen LogP contribution in [-0.2, 0) is 13.1 Å². The van der Waals surface area contributed by atoms with Gasteiger partial charge in [0.2, 0.25) is 12.1 Å². The molecule has 0 aliphatic heterocycles. The molecule has 11 heteroatoms. The SMILES string of the molecule is Cc1c[n+](O)c(Cn2c(=O)n(Cc3ccccn3)c3c(Cl)nc(N)nc32)c(C)c1I. The highest BCUT2D eigenvalue weighted by Crippen LogP contribution is 2.23. The van der Waals surface area contributed by atoms with E-state index in [0.717, 1.165) is 19.4 Å². The van der Waals surface area contributed by atoms with Gasteiger partial charge < -0.3 is 5.73 Å². The summed E-state index contributed by atoms with van der Waals surface area (Å²) in [6, 6.07) is 5.46. The minimum Gasteiger partial charge on any atom is -0.368 e. The number of anilines is 1. The highest BCUT2D eigenvalue weighted by Gasteiger charge is 2.25. The summed E-state index contributed by atoms with van der Waals surface area (Å²) in [6.45, 7) is 4.07. The van der Waals surface area contributed by atoms with E-state index < -0.39 is 0 Å². The van der Waals surface area contributed by atoms with Crippen LogP contribution < -0.4 is 16.2 Å². The Bertz CT molecular complexity index is 1330. The molecule has 30 heavy (non-hydrogen) atoms. The second-order valence-corrected chi connectivity index (χ2v) is 8.30. The first kappa shape index (κ1) is 20.5. The summed E-state index contributed by atoms with van der Waals surface area (Å²) in [4.78, 5) is 25.9. The first-order valence-corrected chi connectivity index (χ1v) is 10.4. The lowest BCUT2D eigenvalue weighted by Gasteiger charge is -2.06. The number of aryl methyl sites for hydroxylation is 1. The minimum absolute atomic E-state index is 0.0386. The van der Waals surface area contributed by atoms with Crippen molar-refractivity contribution in [2.45, 2.75) is 26.9 Å². The third-order valence-corrected chi connectivity index (χ3v) is 6.81. The van der Waals surface area contributed by atoms with Crippen LogP contribution in [0.25, 0.3) is 11.2 Å². The fourth-order valence-electron chi connectivity index (χ4n) is 3.38. The van der Waals surface area contributed by atoms with Crippen molar-refractivity contribution in [3.63, 3.8) is 0 Å². The van der Waals surface area contributed by atoms with Gasteiger partial charge in [0.05, 0.1) is 12.2 Å². The van der Waals surface area contributed by atoms with Crippen LogP contribution in [-0.4, -0.2) is 29.3 Å². The predicted molar refractivity (Wildman–Crippen MR) is 120 cm³/mol. The van der Waals surface area contributed by atoms with E-state index in [4.69, 9.17) is 17.3 Å². The second-order valence-electron chi connectivity index (χ2n) is 6.86. The molecular weight excluding hydrogens is 521 g/mol. The number of halogens is 2. The van der Waals surface area contributed by atoms with Gasteiger partial charge in [-0.15, -0.1) is 0 Å². The summed E-state index contributed by atoms with van der Waals surface area (Å²) in [5.74, 6) is -0.0386. The molecule has 0 saturated heterocycles. The van der Waals surface area contributed by atoms with Gasteiger partial charge in [-0.3, -0.25) is 19.3 Å². The van der Waals surface area contributed by atoms with Gasteiger partial charge in [0.15, 0.2) is 10.8 Å². The molecule has 3 N–H and O–H groups in total. The number of nitrogen functional groups attached to an aromatic ring is 1. The Balaban J connectivity index is 1.94. The van der Waals surface area contributed by atoms with Crippen molar-refractivity contribution in [2.75, 3.05) is 5.73 Å². The normalized spacial score (nSPS) is 11.3. The van der Waals surface area contributed by atoms with E-state index in [1.165, 1.54) is 9.13 Å². The number of hydrogen-bond acceptors (Lipinski definition) is 6. The van der Waals surface area contributed by atoms with Crippen molar-refractivity contribution in [3.05, 3.63) is 72.3 Å². The molecular formula is C19H18ClIN7O2+. The maximum absolute atomic E-state index is 13.4. The first-order chi connectivity index (χ1) is 14.3. The largest absolute Gasteiger partial charge is 0.368 e. The van der Waals surface area contributed by atoms with Crippen molar-refractivity contribution in [3.8, 4) is 0 Å². The Morgan fingerprint density at radius 3 is 2.70 bits per heavy atom. The predicted octanol–water partition coefficient (Wildman–Crippen LogP) is 2.07. The van der Waals surface area contributed by atoms with Crippen molar-refractivity contribution in [1.29, 1.82) is 0 Å². The van der Waals surface area contributed by atoms with E-state index in [1.54, 1.807) is 18.5 Å². The molecule has 0 spiro atoms. The van der Waals surface area contributed by atoms with Crippen LogP contribution >= 0.6 is 34.2 Å². The average molecular weight is 539 g/mol. The summed E-state index contributed by atoms with van der Waals surface area (Å²) in [5, 5.41) is 10.5. The molecule has 0 bridgehead atoms. The number of fused-ring (bicyclic) bond motifs is 1. The molecule has 0 amide bonds. The van der Waals surface area contributed by atoms with Gasteiger partial charge in [-0.2, -0.15) is 9.97 Å². The van der Waals surface area contributed by atoms with Crippen LogP contribution in [0.3, 0.4) is 0 Å². The maximum atomic E-state index is 13.4. The van der Waals surface area contributed by atoms with E-state index in [1.807, 2.05) is 26.0 Å². The Hall–Kier alpha value is -2.73. The topological polar surface area (TPSA) is 116 Å². The van der Waals surface area contributed by atoms with Crippen LogP contribution in [0.15, 0.2) is 35.4 Å². The zero-order chi connectivity index (χ0) is 21.6.